The van der Waals surface area contributed by atoms with E-state index in [2.05, 4.69) is 5.32 Å². The van der Waals surface area contributed by atoms with Gasteiger partial charge in [0.25, 0.3) is 0 Å². The van der Waals surface area contributed by atoms with E-state index >= 15 is 0 Å². The molecule has 1 atom stereocenters. The summed E-state index contributed by atoms with van der Waals surface area (Å²) in [7, 11) is 0. The van der Waals surface area contributed by atoms with E-state index in [0.717, 1.165) is 36.4 Å². The highest BCUT2D eigenvalue weighted by molar-refractivity contribution is 5.99. The first-order valence-corrected chi connectivity index (χ1v) is 7.07. The van der Waals surface area contributed by atoms with Crippen LogP contribution in [-0.2, 0) is 4.74 Å². The van der Waals surface area contributed by atoms with Gasteiger partial charge in [0.05, 0.1) is 12.7 Å². The third-order valence-corrected chi connectivity index (χ3v) is 3.71. The molecule has 2 aromatic rings. The van der Waals surface area contributed by atoms with Crippen LogP contribution < -0.4 is 11.1 Å². The van der Waals surface area contributed by atoms with Gasteiger partial charge in [-0.2, -0.15) is 0 Å². The number of amides is 1. The van der Waals surface area contributed by atoms with Gasteiger partial charge in [0, 0.05) is 18.7 Å². The van der Waals surface area contributed by atoms with Crippen LogP contribution in [-0.4, -0.2) is 25.6 Å². The van der Waals surface area contributed by atoms with Crippen LogP contribution in [0, 0.1) is 0 Å². The van der Waals surface area contributed by atoms with Crippen molar-refractivity contribution in [1.82, 2.24) is 5.32 Å². The minimum absolute atomic E-state index is 0.0965. The molecule has 108 valence electrons. The summed E-state index contributed by atoms with van der Waals surface area (Å²) in [6, 6.07) is 15.5. The van der Waals surface area contributed by atoms with Gasteiger partial charge in [-0.05, 0) is 22.8 Å². The summed E-state index contributed by atoms with van der Waals surface area (Å²) in [5.74, 6) is -0.408. The summed E-state index contributed by atoms with van der Waals surface area (Å²) in [6.45, 7) is 2.47. The molecule has 1 heterocycles. The first kappa shape index (κ1) is 13.8. The van der Waals surface area contributed by atoms with Crippen LogP contribution >= 0.6 is 0 Å². The number of benzene rings is 2. The highest BCUT2D eigenvalue weighted by Crippen LogP contribution is 2.26. The Balaban J connectivity index is 1.89. The summed E-state index contributed by atoms with van der Waals surface area (Å²) in [5.41, 5.74) is 8.96. The Hall–Kier alpha value is -2.17. The number of primary amides is 1. The van der Waals surface area contributed by atoms with Gasteiger partial charge in [0.1, 0.15) is 0 Å². The predicted molar refractivity (Wildman–Crippen MR) is 82.0 cm³/mol. The molecule has 1 fully saturated rings. The number of hydrogen-bond acceptors (Lipinski definition) is 3. The molecule has 1 saturated heterocycles. The lowest BCUT2D eigenvalue weighted by molar-refractivity contribution is 0.0277. The number of ether oxygens (including phenoxy) is 1. The zero-order chi connectivity index (χ0) is 14.7. The average molecular weight is 282 g/mol. The summed E-state index contributed by atoms with van der Waals surface area (Å²) in [5, 5.41) is 3.32. The van der Waals surface area contributed by atoms with Crippen molar-refractivity contribution in [3.8, 4) is 11.1 Å². The van der Waals surface area contributed by atoms with Crippen LogP contribution in [0.5, 0.6) is 0 Å². The van der Waals surface area contributed by atoms with Gasteiger partial charge >= 0.3 is 0 Å². The molecule has 0 bridgehead atoms. The van der Waals surface area contributed by atoms with Gasteiger partial charge in [-0.25, -0.2) is 0 Å². The maximum atomic E-state index is 11.5. The topological polar surface area (TPSA) is 64.4 Å². The maximum Gasteiger partial charge on any atom is 0.249 e. The first-order chi connectivity index (χ1) is 10.3. The Morgan fingerprint density at radius 3 is 2.57 bits per heavy atom. The fraction of sp³-hybridized carbons (Fsp3) is 0.235. The monoisotopic (exact) mass is 282 g/mol. The molecule has 0 aromatic heterocycles. The van der Waals surface area contributed by atoms with Crippen molar-refractivity contribution in [1.29, 1.82) is 0 Å². The lowest BCUT2D eigenvalue weighted by Crippen LogP contribution is -2.33. The van der Waals surface area contributed by atoms with E-state index < -0.39 is 5.91 Å². The molecule has 21 heavy (non-hydrogen) atoms. The lowest BCUT2D eigenvalue weighted by atomic mass is 9.97. The van der Waals surface area contributed by atoms with Gasteiger partial charge in [-0.1, -0.05) is 42.5 Å². The van der Waals surface area contributed by atoms with Crippen molar-refractivity contribution in [3.05, 3.63) is 59.7 Å². The van der Waals surface area contributed by atoms with Gasteiger partial charge < -0.3 is 15.8 Å². The van der Waals surface area contributed by atoms with Crippen LogP contribution in [0.4, 0.5) is 0 Å². The van der Waals surface area contributed by atoms with Crippen molar-refractivity contribution in [2.24, 2.45) is 5.73 Å². The molecule has 4 heteroatoms. The van der Waals surface area contributed by atoms with Crippen LogP contribution in [0.1, 0.15) is 22.0 Å². The van der Waals surface area contributed by atoms with E-state index in [9.17, 15) is 4.79 Å². The average Bonchev–Trinajstić information content (AvgIpc) is 2.56. The second kappa shape index (κ2) is 6.08. The fourth-order valence-corrected chi connectivity index (χ4v) is 2.61. The normalized spacial score (nSPS) is 18.4. The van der Waals surface area contributed by atoms with Gasteiger partial charge in [-0.3, -0.25) is 4.79 Å². The van der Waals surface area contributed by atoms with E-state index in [1.807, 2.05) is 42.5 Å². The molecular formula is C17H18N2O2. The van der Waals surface area contributed by atoms with E-state index in [1.54, 1.807) is 6.07 Å². The van der Waals surface area contributed by atoms with E-state index in [0.29, 0.717) is 5.56 Å². The first-order valence-electron chi connectivity index (χ1n) is 7.07. The number of morpholine rings is 1. The SMILES string of the molecule is NC(=O)c1ccccc1-c1ccc([C@@H]2CNCCO2)cc1. The van der Waals surface area contributed by atoms with Crippen molar-refractivity contribution >= 4 is 5.91 Å². The quantitative estimate of drug-likeness (QED) is 0.906. The number of nitrogens with one attached hydrogen (secondary N) is 1. The predicted octanol–water partition coefficient (Wildman–Crippen LogP) is 2.11. The number of carbonyl (C=O) groups is 1. The van der Waals surface area contributed by atoms with Gasteiger partial charge in [0.2, 0.25) is 5.91 Å². The van der Waals surface area contributed by atoms with Crippen LogP contribution in [0.25, 0.3) is 11.1 Å². The molecule has 0 radical (unpaired) electrons. The number of hydrogen-bond donors (Lipinski definition) is 2. The van der Waals surface area contributed by atoms with E-state index in [1.165, 1.54) is 0 Å². The standard InChI is InChI=1S/C17H18N2O2/c18-17(20)15-4-2-1-3-14(15)12-5-7-13(8-6-12)16-11-19-9-10-21-16/h1-8,16,19H,9-11H2,(H2,18,20)/t16-/m0/s1. The number of rotatable bonds is 3. The lowest BCUT2D eigenvalue weighted by Gasteiger charge is -2.24. The molecule has 3 N–H and O–H groups in total. The molecule has 1 aliphatic heterocycles. The van der Waals surface area contributed by atoms with Crippen molar-refractivity contribution in [3.63, 3.8) is 0 Å². The Morgan fingerprint density at radius 2 is 1.90 bits per heavy atom. The molecule has 2 aromatic carbocycles. The molecule has 4 nitrogen and oxygen atoms in total. The molecule has 0 aliphatic carbocycles. The Bertz CT molecular complexity index is 631. The second-order valence-electron chi connectivity index (χ2n) is 5.10. The van der Waals surface area contributed by atoms with E-state index in [-0.39, 0.29) is 6.10 Å². The Morgan fingerprint density at radius 1 is 1.14 bits per heavy atom. The third kappa shape index (κ3) is 2.96. The summed E-state index contributed by atoms with van der Waals surface area (Å²) < 4.78 is 5.73. The number of nitrogens with two attached hydrogens (primary N) is 1. The van der Waals surface area contributed by atoms with Crippen LogP contribution in [0.15, 0.2) is 48.5 Å². The molecule has 0 unspecified atom stereocenters. The zero-order valence-electron chi connectivity index (χ0n) is 11.7. The second-order valence-corrected chi connectivity index (χ2v) is 5.10. The summed E-state index contributed by atoms with van der Waals surface area (Å²) >= 11 is 0. The molecule has 0 spiro atoms. The summed E-state index contributed by atoms with van der Waals surface area (Å²) in [6.07, 6.45) is 0.0965. The zero-order valence-corrected chi connectivity index (χ0v) is 11.7. The van der Waals surface area contributed by atoms with Crippen molar-refractivity contribution in [2.45, 2.75) is 6.10 Å². The van der Waals surface area contributed by atoms with E-state index in [4.69, 9.17) is 10.5 Å². The smallest absolute Gasteiger partial charge is 0.249 e. The Kier molecular flexibility index (Phi) is 3.99. The van der Waals surface area contributed by atoms with Gasteiger partial charge in [-0.15, -0.1) is 0 Å². The summed E-state index contributed by atoms with van der Waals surface area (Å²) in [4.78, 5) is 11.5. The molecule has 1 amide bonds. The molecule has 3 rings (SSSR count). The van der Waals surface area contributed by atoms with Crippen LogP contribution in [0.3, 0.4) is 0 Å². The minimum atomic E-state index is -0.408. The Labute approximate surface area is 123 Å². The molecule has 0 saturated carbocycles. The van der Waals surface area contributed by atoms with Crippen molar-refractivity contribution in [2.75, 3.05) is 19.7 Å². The van der Waals surface area contributed by atoms with Crippen molar-refractivity contribution < 1.29 is 9.53 Å². The highest BCUT2D eigenvalue weighted by Gasteiger charge is 2.16. The highest BCUT2D eigenvalue weighted by atomic mass is 16.5. The number of carbonyl (C=O) groups excluding carboxylic acids is 1. The maximum absolute atomic E-state index is 11.5. The van der Waals surface area contributed by atoms with Crippen LogP contribution in [0.2, 0.25) is 0 Å². The molecular weight excluding hydrogens is 264 g/mol. The third-order valence-electron chi connectivity index (χ3n) is 3.71. The largest absolute Gasteiger partial charge is 0.371 e. The minimum Gasteiger partial charge on any atom is -0.371 e. The molecule has 1 aliphatic rings. The van der Waals surface area contributed by atoms with Gasteiger partial charge in [0.15, 0.2) is 0 Å². The fourth-order valence-electron chi connectivity index (χ4n) is 2.61.